The molecule has 186 valence electrons. The molecular weight excluding hydrogens is 507 g/mol. The molecule has 2 nitrogen and oxygen atoms in total. The maximum atomic E-state index is 6.53. The Morgan fingerprint density at radius 3 is 1.88 bits per heavy atom. The molecule has 2 aliphatic rings. The van der Waals surface area contributed by atoms with Gasteiger partial charge in [-0.15, -0.1) is 11.3 Å². The molecule has 4 heteroatoms. The number of rotatable bonds is 2. The topological polar surface area (TPSA) is 18.5 Å². The summed E-state index contributed by atoms with van der Waals surface area (Å²) in [5.41, 5.74) is 8.14. The fourth-order valence-electron chi connectivity index (χ4n) is 6.40. The zero-order chi connectivity index (χ0) is 26.2. The van der Waals surface area contributed by atoms with Crippen LogP contribution in [0.5, 0.6) is 23.0 Å². The van der Waals surface area contributed by atoms with E-state index in [0.29, 0.717) is 0 Å². The van der Waals surface area contributed by atoms with Crippen LogP contribution in [0.3, 0.4) is 0 Å². The van der Waals surface area contributed by atoms with E-state index < -0.39 is 0 Å². The molecule has 6 aromatic carbocycles. The van der Waals surface area contributed by atoms with Gasteiger partial charge < -0.3 is 9.47 Å². The normalized spacial score (nSPS) is 12.8. The van der Waals surface area contributed by atoms with Gasteiger partial charge in [0.05, 0.1) is 0 Å². The third-order valence-corrected chi connectivity index (χ3v) is 9.42. The lowest BCUT2D eigenvalue weighted by Gasteiger charge is -2.33. The molecule has 0 aliphatic carbocycles. The first-order valence-corrected chi connectivity index (χ1v) is 14.4. The van der Waals surface area contributed by atoms with Crippen LogP contribution in [0.15, 0.2) is 127 Å². The van der Waals surface area contributed by atoms with Gasteiger partial charge in [0, 0.05) is 25.6 Å². The van der Waals surface area contributed by atoms with Gasteiger partial charge in [-0.3, -0.25) is 0 Å². The first-order chi connectivity index (χ1) is 19.8. The highest BCUT2D eigenvalue weighted by Gasteiger charge is 2.40. The second kappa shape index (κ2) is 8.35. The molecule has 0 spiro atoms. The van der Waals surface area contributed by atoms with Crippen LogP contribution in [0.4, 0.5) is 0 Å². The van der Waals surface area contributed by atoms with Gasteiger partial charge in [-0.05, 0) is 69.6 Å². The molecule has 9 rings (SSSR count). The molecule has 0 saturated heterocycles. The molecule has 0 N–H and O–H groups in total. The summed E-state index contributed by atoms with van der Waals surface area (Å²) in [7, 11) is 0. The van der Waals surface area contributed by atoms with E-state index in [4.69, 9.17) is 9.47 Å². The van der Waals surface area contributed by atoms with Crippen LogP contribution in [0.1, 0.15) is 0 Å². The summed E-state index contributed by atoms with van der Waals surface area (Å²) in [5, 5.41) is 2.63. The Labute approximate surface area is 236 Å². The molecule has 0 atom stereocenters. The number of hydrogen-bond acceptors (Lipinski definition) is 3. The first-order valence-electron chi connectivity index (χ1n) is 13.5. The van der Waals surface area contributed by atoms with E-state index in [9.17, 15) is 0 Å². The van der Waals surface area contributed by atoms with E-state index in [-0.39, 0.29) is 6.71 Å². The predicted octanol–water partition coefficient (Wildman–Crippen LogP) is 8.12. The van der Waals surface area contributed by atoms with Gasteiger partial charge in [-0.1, -0.05) is 91.0 Å². The van der Waals surface area contributed by atoms with E-state index >= 15 is 0 Å². The van der Waals surface area contributed by atoms with Crippen molar-refractivity contribution < 1.29 is 9.47 Å². The molecule has 3 heterocycles. The maximum Gasteiger partial charge on any atom is 0.260 e. The average Bonchev–Trinajstić information content (AvgIpc) is 3.40. The van der Waals surface area contributed by atoms with E-state index in [2.05, 4.69) is 115 Å². The lowest BCUT2D eigenvalue weighted by Crippen LogP contribution is -2.57. The summed E-state index contributed by atoms with van der Waals surface area (Å²) in [5.74, 6) is 3.54. The van der Waals surface area contributed by atoms with Crippen molar-refractivity contribution in [1.82, 2.24) is 0 Å². The second-order valence-corrected chi connectivity index (χ2v) is 11.5. The zero-order valence-corrected chi connectivity index (χ0v) is 22.2. The number of para-hydroxylation sites is 2. The van der Waals surface area contributed by atoms with Crippen LogP contribution < -0.4 is 25.9 Å². The first kappa shape index (κ1) is 22.1. The van der Waals surface area contributed by atoms with Gasteiger partial charge in [0.2, 0.25) is 0 Å². The predicted molar refractivity (Wildman–Crippen MR) is 168 cm³/mol. The van der Waals surface area contributed by atoms with E-state index in [0.717, 1.165) is 39.6 Å². The van der Waals surface area contributed by atoms with E-state index in [1.807, 2.05) is 23.5 Å². The highest BCUT2D eigenvalue weighted by atomic mass is 32.1. The van der Waals surface area contributed by atoms with Crippen molar-refractivity contribution in [1.29, 1.82) is 0 Å². The molecule has 0 saturated carbocycles. The van der Waals surface area contributed by atoms with Gasteiger partial charge in [0.1, 0.15) is 23.0 Å². The number of thiophene rings is 1. The van der Waals surface area contributed by atoms with E-state index in [1.54, 1.807) is 0 Å². The minimum Gasteiger partial charge on any atom is -0.458 e. The Morgan fingerprint density at radius 1 is 0.475 bits per heavy atom. The highest BCUT2D eigenvalue weighted by Crippen LogP contribution is 2.42. The molecule has 2 aliphatic heterocycles. The summed E-state index contributed by atoms with van der Waals surface area (Å²) in [6.45, 7) is 0.0887. The second-order valence-electron chi connectivity index (χ2n) is 10.5. The van der Waals surface area contributed by atoms with Gasteiger partial charge in [-0.2, -0.15) is 0 Å². The van der Waals surface area contributed by atoms with Gasteiger partial charge in [0.15, 0.2) is 0 Å². The van der Waals surface area contributed by atoms with Crippen molar-refractivity contribution in [2.24, 2.45) is 0 Å². The molecular formula is C36H21BO2S. The quantitative estimate of drug-likeness (QED) is 0.211. The number of hydrogen-bond donors (Lipinski definition) is 0. The van der Waals surface area contributed by atoms with Crippen molar-refractivity contribution in [2.75, 3.05) is 0 Å². The minimum absolute atomic E-state index is 0.0887. The van der Waals surface area contributed by atoms with Gasteiger partial charge in [0.25, 0.3) is 6.71 Å². The SMILES string of the molecule is c1cc(-c2cc3c4c(c2)Oc2ccccc2B4c2ccccc2O3)cc(-c2cccc3c2sc2ccccc23)c1. The van der Waals surface area contributed by atoms with Crippen molar-refractivity contribution in [2.45, 2.75) is 0 Å². The monoisotopic (exact) mass is 528 g/mol. The molecule has 1 aromatic heterocycles. The standard InChI is InChI=1S/C36H21BO2S/c1-6-18-34-26(11-1)27-13-8-12-25(36(27)40-34)23-10-7-9-22(19-23)24-20-32-35-33(21-24)39-31-17-5-3-15-29(31)37(35)28-14-2-4-16-30(28)38-32/h1-21H. The fourth-order valence-corrected chi connectivity index (χ4v) is 7.64. The van der Waals surface area contributed by atoms with Gasteiger partial charge >= 0.3 is 0 Å². The van der Waals surface area contributed by atoms with Crippen LogP contribution in [-0.4, -0.2) is 6.71 Å². The molecule has 0 radical (unpaired) electrons. The number of benzene rings is 6. The summed E-state index contributed by atoms with van der Waals surface area (Å²) < 4.78 is 15.7. The Bertz CT molecular complexity index is 2070. The Morgan fingerprint density at radius 2 is 1.10 bits per heavy atom. The summed E-state index contributed by atoms with van der Waals surface area (Å²) in [6, 6.07) is 45.2. The van der Waals surface area contributed by atoms with Crippen LogP contribution in [0.25, 0.3) is 42.4 Å². The molecule has 0 unspecified atom stereocenters. The third-order valence-electron chi connectivity index (χ3n) is 8.20. The van der Waals surface area contributed by atoms with Crippen molar-refractivity contribution in [3.8, 4) is 45.3 Å². The lowest BCUT2D eigenvalue weighted by molar-refractivity contribution is 0.465. The molecule has 7 aromatic rings. The summed E-state index contributed by atoms with van der Waals surface area (Å²) >= 11 is 1.86. The molecule has 0 amide bonds. The molecule has 0 fully saturated rings. The van der Waals surface area contributed by atoms with Crippen molar-refractivity contribution >= 4 is 54.6 Å². The summed E-state index contributed by atoms with van der Waals surface area (Å²) in [6.07, 6.45) is 0. The van der Waals surface area contributed by atoms with Crippen LogP contribution in [0, 0.1) is 0 Å². The Kier molecular flexibility index (Phi) is 4.61. The maximum absolute atomic E-state index is 6.53. The zero-order valence-electron chi connectivity index (χ0n) is 21.4. The molecule has 0 bridgehead atoms. The fraction of sp³-hybridized carbons (Fsp3) is 0. The van der Waals surface area contributed by atoms with Crippen LogP contribution in [-0.2, 0) is 0 Å². The largest absolute Gasteiger partial charge is 0.458 e. The number of fused-ring (bicyclic) bond motifs is 7. The number of ether oxygens (including phenoxy) is 2. The average molecular weight is 528 g/mol. The van der Waals surface area contributed by atoms with Gasteiger partial charge in [-0.25, -0.2) is 0 Å². The highest BCUT2D eigenvalue weighted by molar-refractivity contribution is 7.26. The Balaban J connectivity index is 1.21. The summed E-state index contributed by atoms with van der Waals surface area (Å²) in [4.78, 5) is 0. The van der Waals surface area contributed by atoms with Crippen molar-refractivity contribution in [3.63, 3.8) is 0 Å². The van der Waals surface area contributed by atoms with Crippen molar-refractivity contribution in [3.05, 3.63) is 127 Å². The minimum atomic E-state index is 0.0887. The molecule has 40 heavy (non-hydrogen) atoms. The van der Waals surface area contributed by atoms with Crippen LogP contribution in [0.2, 0.25) is 0 Å². The van der Waals surface area contributed by atoms with Crippen LogP contribution >= 0.6 is 11.3 Å². The van der Waals surface area contributed by atoms with E-state index in [1.165, 1.54) is 42.2 Å². The third kappa shape index (κ3) is 3.17. The Hall–Kier alpha value is -4.80. The smallest absolute Gasteiger partial charge is 0.260 e. The lowest BCUT2D eigenvalue weighted by atomic mass is 9.35.